The van der Waals surface area contributed by atoms with Gasteiger partial charge in [0.15, 0.2) is 17.7 Å². The number of rotatable bonds is 12. The Morgan fingerprint density at radius 1 is 1.02 bits per heavy atom. The molecule has 1 aliphatic rings. The topological polar surface area (TPSA) is 160 Å². The molecule has 1 aliphatic heterocycles. The summed E-state index contributed by atoms with van der Waals surface area (Å²) in [7, 11) is 1.61. The lowest BCUT2D eigenvalue weighted by molar-refractivity contribution is -0.219. The number of nitrogens with one attached hydrogen (secondary N) is 2. The van der Waals surface area contributed by atoms with Crippen molar-refractivity contribution in [1.29, 1.82) is 0 Å². The van der Waals surface area contributed by atoms with Gasteiger partial charge in [0.1, 0.15) is 31.0 Å². The second-order valence-electron chi connectivity index (χ2n) is 11.0. The molecule has 5 rings (SSSR count). The summed E-state index contributed by atoms with van der Waals surface area (Å²) in [4.78, 5) is 11.8. The van der Waals surface area contributed by atoms with Crippen LogP contribution in [0.15, 0.2) is 72.9 Å². The largest absolute Gasteiger partial charge is 0.493 e. The highest BCUT2D eigenvalue weighted by Crippen LogP contribution is 2.31. The van der Waals surface area contributed by atoms with Crippen LogP contribution in [0.2, 0.25) is 0 Å². The maximum Gasteiger partial charge on any atom is 0.217 e. The van der Waals surface area contributed by atoms with Gasteiger partial charge >= 0.3 is 0 Å². The summed E-state index contributed by atoms with van der Waals surface area (Å²) < 4.78 is 18.9. The summed E-state index contributed by atoms with van der Waals surface area (Å²) in [5.41, 5.74) is 6.12. The van der Waals surface area contributed by atoms with E-state index in [1.807, 2.05) is 42.5 Å². The summed E-state index contributed by atoms with van der Waals surface area (Å²) >= 11 is 0. The third kappa shape index (κ3) is 7.49. The summed E-state index contributed by atoms with van der Waals surface area (Å²) in [5.74, 6) is 0.848. The van der Waals surface area contributed by atoms with Crippen molar-refractivity contribution in [3.8, 4) is 22.6 Å². The van der Waals surface area contributed by atoms with Gasteiger partial charge in [0.05, 0.1) is 25.6 Å². The number of aliphatic hydroxyl groups is 3. The standard InChI is InChI=1S/C33H39N5O7/c1-20-24(10-7-11-26(20)23-8-5-4-6-9-23)19-44-28-14-22(12-13-27(28)43-3)15-34-16-25-17-38(37-36-25)33-30(35-21(2)40)32(42)31(41)29(18-39)45-33/h4-14,17,29-34,39,41-42H,15-16,18-19H2,1-3H3,(H,35,40)/t29-,30-,31-,32-,33-/m1/s1. The molecule has 5 N–H and O–H groups in total. The molecule has 5 atom stereocenters. The third-order valence-corrected chi connectivity index (χ3v) is 7.87. The van der Waals surface area contributed by atoms with Crippen LogP contribution in [0.25, 0.3) is 11.1 Å². The second kappa shape index (κ2) is 14.6. The highest BCUT2D eigenvalue weighted by atomic mass is 16.5. The summed E-state index contributed by atoms with van der Waals surface area (Å²) in [6, 6.07) is 21.3. The number of methoxy groups -OCH3 is 1. The Hall–Kier alpha value is -4.33. The number of hydrogen-bond acceptors (Lipinski definition) is 10. The monoisotopic (exact) mass is 617 g/mol. The molecule has 3 aromatic carbocycles. The van der Waals surface area contributed by atoms with Crippen LogP contribution in [0.3, 0.4) is 0 Å². The molecule has 0 bridgehead atoms. The molecule has 0 saturated carbocycles. The Labute approximate surface area is 261 Å². The molecule has 0 radical (unpaired) electrons. The summed E-state index contributed by atoms with van der Waals surface area (Å²) in [5, 5.41) is 44.7. The van der Waals surface area contributed by atoms with E-state index in [0.717, 1.165) is 22.3 Å². The van der Waals surface area contributed by atoms with E-state index in [9.17, 15) is 20.1 Å². The maximum absolute atomic E-state index is 11.8. The Morgan fingerprint density at radius 2 is 1.82 bits per heavy atom. The van der Waals surface area contributed by atoms with E-state index >= 15 is 0 Å². The van der Waals surface area contributed by atoms with Gasteiger partial charge in [-0.1, -0.05) is 59.8 Å². The van der Waals surface area contributed by atoms with Crippen LogP contribution in [0.4, 0.5) is 0 Å². The smallest absolute Gasteiger partial charge is 0.217 e. The van der Waals surface area contributed by atoms with Gasteiger partial charge in [0, 0.05) is 20.0 Å². The predicted molar refractivity (Wildman–Crippen MR) is 165 cm³/mol. The minimum atomic E-state index is -1.38. The maximum atomic E-state index is 11.8. The van der Waals surface area contributed by atoms with Crippen LogP contribution in [-0.4, -0.2) is 74.3 Å². The first kappa shape index (κ1) is 32.1. The van der Waals surface area contributed by atoms with Crippen molar-refractivity contribution in [1.82, 2.24) is 25.6 Å². The molecule has 0 spiro atoms. The van der Waals surface area contributed by atoms with E-state index in [2.05, 4.69) is 52.1 Å². The number of carbonyl (C=O) groups excluding carboxylic acids is 1. The molecule has 0 unspecified atom stereocenters. The van der Waals surface area contributed by atoms with Crippen LogP contribution >= 0.6 is 0 Å². The Morgan fingerprint density at radius 3 is 2.56 bits per heavy atom. The van der Waals surface area contributed by atoms with Gasteiger partial charge in [-0.3, -0.25) is 4.79 Å². The number of benzene rings is 3. The van der Waals surface area contributed by atoms with E-state index in [0.29, 0.717) is 36.9 Å². The van der Waals surface area contributed by atoms with Crippen molar-refractivity contribution in [3.63, 3.8) is 0 Å². The molecular formula is C33H39N5O7. The molecule has 2 heterocycles. The lowest BCUT2D eigenvalue weighted by Crippen LogP contribution is -2.62. The van der Waals surface area contributed by atoms with Gasteiger partial charge in [-0.05, 0) is 46.9 Å². The average Bonchev–Trinajstić information content (AvgIpc) is 3.52. The molecule has 238 valence electrons. The van der Waals surface area contributed by atoms with Crippen molar-refractivity contribution >= 4 is 5.91 Å². The molecule has 1 fully saturated rings. The lowest BCUT2D eigenvalue weighted by Gasteiger charge is -2.42. The quantitative estimate of drug-likeness (QED) is 0.160. The van der Waals surface area contributed by atoms with E-state index in [1.165, 1.54) is 17.2 Å². The highest BCUT2D eigenvalue weighted by Gasteiger charge is 2.46. The number of amides is 1. The first-order chi connectivity index (χ1) is 21.8. The minimum Gasteiger partial charge on any atom is -0.493 e. The average molecular weight is 618 g/mol. The zero-order valence-electron chi connectivity index (χ0n) is 25.5. The van der Waals surface area contributed by atoms with Crippen LogP contribution in [-0.2, 0) is 29.2 Å². The summed E-state index contributed by atoms with van der Waals surface area (Å²) in [6.07, 6.45) is -3.17. The number of aliphatic hydroxyl groups excluding tert-OH is 3. The molecule has 1 amide bonds. The summed E-state index contributed by atoms with van der Waals surface area (Å²) in [6.45, 7) is 4.13. The molecule has 1 aromatic heterocycles. The molecular weight excluding hydrogens is 578 g/mol. The fourth-order valence-corrected chi connectivity index (χ4v) is 5.44. The molecule has 4 aromatic rings. The Bertz CT molecular complexity index is 1580. The van der Waals surface area contributed by atoms with Crippen molar-refractivity contribution in [2.45, 2.75) is 64.1 Å². The molecule has 12 nitrogen and oxygen atoms in total. The number of aromatic nitrogens is 3. The van der Waals surface area contributed by atoms with Crippen molar-refractivity contribution in [2.24, 2.45) is 0 Å². The van der Waals surface area contributed by atoms with Crippen LogP contribution in [0.5, 0.6) is 11.5 Å². The molecule has 12 heteroatoms. The normalized spacial score (nSPS) is 21.3. The van der Waals surface area contributed by atoms with Gasteiger partial charge in [0.2, 0.25) is 5.91 Å². The van der Waals surface area contributed by atoms with Crippen LogP contribution in [0, 0.1) is 6.92 Å². The zero-order chi connectivity index (χ0) is 31.9. The zero-order valence-corrected chi connectivity index (χ0v) is 25.5. The Balaban J connectivity index is 1.22. The lowest BCUT2D eigenvalue weighted by atomic mass is 9.96. The minimum absolute atomic E-state index is 0.361. The van der Waals surface area contributed by atoms with Gasteiger partial charge in [-0.25, -0.2) is 4.68 Å². The van der Waals surface area contributed by atoms with Crippen LogP contribution in [0.1, 0.15) is 35.5 Å². The van der Waals surface area contributed by atoms with Crippen molar-refractivity contribution in [2.75, 3.05) is 13.7 Å². The van der Waals surface area contributed by atoms with E-state index < -0.39 is 43.1 Å². The first-order valence-electron chi connectivity index (χ1n) is 14.7. The van der Waals surface area contributed by atoms with E-state index in [-0.39, 0.29) is 0 Å². The van der Waals surface area contributed by atoms with Crippen molar-refractivity contribution in [3.05, 3.63) is 95.3 Å². The van der Waals surface area contributed by atoms with Crippen molar-refractivity contribution < 1.29 is 34.3 Å². The van der Waals surface area contributed by atoms with E-state index in [1.54, 1.807) is 13.3 Å². The van der Waals surface area contributed by atoms with Crippen LogP contribution < -0.4 is 20.1 Å². The fraction of sp³-hybridized carbons (Fsp3) is 0.364. The van der Waals surface area contributed by atoms with Gasteiger partial charge in [-0.15, -0.1) is 5.10 Å². The SMILES string of the molecule is COc1ccc(CNCc2cn([C@@H]3O[C@H](CO)[C@@H](O)[C@H](O)[C@H]3NC(C)=O)nn2)cc1OCc1cccc(-c2ccccc2)c1C. The van der Waals surface area contributed by atoms with Gasteiger partial charge in [0.25, 0.3) is 0 Å². The molecule has 0 aliphatic carbocycles. The second-order valence-corrected chi connectivity index (χ2v) is 11.0. The predicted octanol–water partition coefficient (Wildman–Crippen LogP) is 2.25. The third-order valence-electron chi connectivity index (χ3n) is 7.87. The van der Waals surface area contributed by atoms with Gasteiger partial charge < -0.3 is 40.2 Å². The Kier molecular flexibility index (Phi) is 10.4. The highest BCUT2D eigenvalue weighted by molar-refractivity contribution is 5.73. The number of ether oxygens (including phenoxy) is 3. The first-order valence-corrected chi connectivity index (χ1v) is 14.7. The number of nitrogens with zero attached hydrogens (tertiary/aromatic N) is 3. The van der Waals surface area contributed by atoms with E-state index in [4.69, 9.17) is 14.2 Å². The number of carbonyl (C=O) groups is 1. The van der Waals surface area contributed by atoms with Gasteiger partial charge in [-0.2, -0.15) is 0 Å². The molecule has 45 heavy (non-hydrogen) atoms. The number of hydrogen-bond donors (Lipinski definition) is 5. The fourth-order valence-electron chi connectivity index (χ4n) is 5.44. The molecule has 1 saturated heterocycles.